The van der Waals surface area contributed by atoms with Crippen LogP contribution in [-0.2, 0) is 0 Å². The highest BCUT2D eigenvalue weighted by atomic mass is 28.2. The van der Waals surface area contributed by atoms with Gasteiger partial charge in [-0.3, -0.25) is 14.0 Å². The molecule has 1 heterocycles. The van der Waals surface area contributed by atoms with Gasteiger partial charge in [-0.1, -0.05) is 45.4 Å². The average Bonchev–Trinajstić information content (AvgIpc) is 2.48. The van der Waals surface area contributed by atoms with Crippen molar-refractivity contribution in [1.29, 1.82) is 0 Å². The lowest BCUT2D eigenvalue weighted by atomic mass is 9.94. The topological polar surface area (TPSA) is 9.72 Å². The Morgan fingerprint density at radius 2 is 1.30 bits per heavy atom. The van der Waals surface area contributed by atoms with E-state index in [1.807, 2.05) is 0 Å². The first kappa shape index (κ1) is 15.0. The fourth-order valence-electron chi connectivity index (χ4n) is 4.53. The number of rotatable bonds is 4. The maximum atomic E-state index is 2.94. The van der Waals surface area contributed by atoms with Crippen LogP contribution >= 0.6 is 0 Å². The third-order valence-electron chi connectivity index (χ3n) is 5.90. The van der Waals surface area contributed by atoms with Gasteiger partial charge in [-0.25, -0.2) is 0 Å². The summed E-state index contributed by atoms with van der Waals surface area (Å²) >= 11 is 0. The van der Waals surface area contributed by atoms with Crippen molar-refractivity contribution in [1.82, 2.24) is 14.0 Å². The lowest BCUT2D eigenvalue weighted by molar-refractivity contribution is -0.0781. The molecule has 3 nitrogen and oxygen atoms in total. The van der Waals surface area contributed by atoms with E-state index < -0.39 is 0 Å². The molecule has 2 aliphatic carbocycles. The third kappa shape index (κ3) is 2.98. The van der Waals surface area contributed by atoms with Crippen molar-refractivity contribution in [3.05, 3.63) is 0 Å². The molecular formula is C16H33N3Si. The Morgan fingerprint density at radius 3 is 1.70 bits per heavy atom. The van der Waals surface area contributed by atoms with Gasteiger partial charge in [0, 0.05) is 12.1 Å². The predicted octanol–water partition coefficient (Wildman–Crippen LogP) is 2.50. The SMILES string of the molecule is CCN(C)C1N(C2CCCCC2)[SiH2]N1C1CCCCC1. The summed E-state index contributed by atoms with van der Waals surface area (Å²) < 4.78 is 5.88. The van der Waals surface area contributed by atoms with Crippen LogP contribution in [0.25, 0.3) is 0 Å². The van der Waals surface area contributed by atoms with Crippen molar-refractivity contribution in [3.63, 3.8) is 0 Å². The Morgan fingerprint density at radius 1 is 0.850 bits per heavy atom. The van der Waals surface area contributed by atoms with Crippen LogP contribution in [0.5, 0.6) is 0 Å². The average molecular weight is 296 g/mol. The lowest BCUT2D eigenvalue weighted by Crippen LogP contribution is -2.76. The lowest BCUT2D eigenvalue weighted by Gasteiger charge is -2.60. The maximum absolute atomic E-state index is 2.94. The van der Waals surface area contributed by atoms with Gasteiger partial charge in [0.1, 0.15) is 6.29 Å². The van der Waals surface area contributed by atoms with Crippen LogP contribution in [0.15, 0.2) is 0 Å². The summed E-state index contributed by atoms with van der Waals surface area (Å²) in [5.41, 5.74) is 0. The number of hydrogen-bond donors (Lipinski definition) is 0. The molecule has 2 saturated carbocycles. The molecule has 0 aromatic carbocycles. The second-order valence-corrected chi connectivity index (χ2v) is 8.92. The monoisotopic (exact) mass is 295 g/mol. The first-order chi connectivity index (χ1) is 9.81. The summed E-state index contributed by atoms with van der Waals surface area (Å²) in [6.45, 7) is 3.50. The number of hydrogen-bond acceptors (Lipinski definition) is 3. The Kier molecular flexibility index (Phi) is 5.18. The Bertz CT molecular complexity index is 276. The molecule has 0 amide bonds. The number of nitrogens with zero attached hydrogens (tertiary/aromatic N) is 3. The van der Waals surface area contributed by atoms with Crippen molar-refractivity contribution in [2.45, 2.75) is 89.5 Å². The summed E-state index contributed by atoms with van der Waals surface area (Å²) in [6, 6.07) is 1.85. The molecule has 20 heavy (non-hydrogen) atoms. The molecule has 3 aliphatic rings. The van der Waals surface area contributed by atoms with Gasteiger partial charge in [0.2, 0.25) is 0 Å². The van der Waals surface area contributed by atoms with Crippen LogP contribution in [0, 0.1) is 0 Å². The van der Waals surface area contributed by atoms with Crippen molar-refractivity contribution in [2.24, 2.45) is 0 Å². The van der Waals surface area contributed by atoms with Crippen molar-refractivity contribution < 1.29 is 0 Å². The minimum absolute atomic E-state index is 0.131. The van der Waals surface area contributed by atoms with E-state index in [1.54, 1.807) is 0 Å². The van der Waals surface area contributed by atoms with Gasteiger partial charge in [0.15, 0.2) is 9.84 Å². The maximum Gasteiger partial charge on any atom is 0.178 e. The molecule has 1 aliphatic heterocycles. The molecule has 3 fully saturated rings. The summed E-state index contributed by atoms with van der Waals surface area (Å²) in [5, 5.41) is 0. The zero-order chi connectivity index (χ0) is 13.9. The van der Waals surface area contributed by atoms with Gasteiger partial charge in [0.25, 0.3) is 0 Å². The Labute approximate surface area is 127 Å². The van der Waals surface area contributed by atoms with E-state index in [0.717, 1.165) is 12.1 Å². The van der Waals surface area contributed by atoms with E-state index in [4.69, 9.17) is 0 Å². The summed E-state index contributed by atoms with van der Waals surface area (Å²) in [7, 11) is 2.21. The van der Waals surface area contributed by atoms with Gasteiger partial charge >= 0.3 is 0 Å². The summed E-state index contributed by atoms with van der Waals surface area (Å²) in [5.74, 6) is 0. The molecule has 0 aromatic rings. The Hall–Kier alpha value is 0.0969. The van der Waals surface area contributed by atoms with Gasteiger partial charge in [0.05, 0.1) is 0 Å². The molecule has 3 rings (SSSR count). The molecule has 0 unspecified atom stereocenters. The van der Waals surface area contributed by atoms with Gasteiger partial charge in [-0.05, 0) is 39.3 Å². The molecule has 4 heteroatoms. The molecule has 0 radical (unpaired) electrons. The van der Waals surface area contributed by atoms with E-state index in [1.165, 1.54) is 70.8 Å². The molecule has 0 N–H and O–H groups in total. The zero-order valence-corrected chi connectivity index (χ0v) is 15.0. The van der Waals surface area contributed by atoms with E-state index in [2.05, 4.69) is 28.0 Å². The van der Waals surface area contributed by atoms with Gasteiger partial charge in [-0.15, -0.1) is 0 Å². The van der Waals surface area contributed by atoms with Crippen LogP contribution < -0.4 is 0 Å². The first-order valence-corrected chi connectivity index (χ1v) is 10.3. The minimum Gasteiger partial charge on any atom is -0.286 e. The quantitative estimate of drug-likeness (QED) is 0.738. The predicted molar refractivity (Wildman–Crippen MR) is 88.1 cm³/mol. The molecule has 0 atom stereocenters. The van der Waals surface area contributed by atoms with Crippen molar-refractivity contribution in [3.8, 4) is 0 Å². The zero-order valence-electron chi connectivity index (χ0n) is 13.6. The second kappa shape index (κ2) is 6.90. The fourth-order valence-corrected chi connectivity index (χ4v) is 7.06. The highest BCUT2D eigenvalue weighted by molar-refractivity contribution is 6.32. The van der Waals surface area contributed by atoms with E-state index in [9.17, 15) is 0 Å². The summed E-state index contributed by atoms with van der Waals surface area (Å²) in [4.78, 5) is 2.60. The minimum atomic E-state index is -0.131. The largest absolute Gasteiger partial charge is 0.286 e. The van der Waals surface area contributed by atoms with Gasteiger partial charge in [-0.2, -0.15) is 0 Å². The van der Waals surface area contributed by atoms with Crippen LogP contribution in [0.3, 0.4) is 0 Å². The van der Waals surface area contributed by atoms with E-state index in [-0.39, 0.29) is 9.84 Å². The standard InChI is InChI=1S/C16H33N3Si/c1-3-17(2)16-18(14-10-6-4-7-11-14)20-19(16)15-12-8-5-9-13-15/h14-16H,3-13,20H2,1-2H3. The third-order valence-corrected chi connectivity index (χ3v) is 8.24. The Balaban J connectivity index is 1.63. The highest BCUT2D eigenvalue weighted by Gasteiger charge is 2.45. The van der Waals surface area contributed by atoms with E-state index >= 15 is 0 Å². The molecule has 116 valence electrons. The second-order valence-electron chi connectivity index (χ2n) is 7.17. The smallest absolute Gasteiger partial charge is 0.178 e. The van der Waals surface area contributed by atoms with Crippen LogP contribution in [0.2, 0.25) is 0 Å². The molecule has 0 spiro atoms. The van der Waals surface area contributed by atoms with Crippen LogP contribution in [-0.4, -0.2) is 55.8 Å². The van der Waals surface area contributed by atoms with Crippen LogP contribution in [0.1, 0.15) is 71.1 Å². The van der Waals surface area contributed by atoms with E-state index in [0.29, 0.717) is 6.29 Å². The highest BCUT2D eigenvalue weighted by Crippen LogP contribution is 2.35. The van der Waals surface area contributed by atoms with Crippen molar-refractivity contribution in [2.75, 3.05) is 13.6 Å². The normalized spacial score (nSPS) is 32.9. The fraction of sp³-hybridized carbons (Fsp3) is 1.00. The molecular weight excluding hydrogens is 262 g/mol. The van der Waals surface area contributed by atoms with Crippen molar-refractivity contribution >= 4 is 9.84 Å². The van der Waals surface area contributed by atoms with Gasteiger partial charge < -0.3 is 0 Å². The molecule has 0 bridgehead atoms. The molecule has 1 saturated heterocycles. The molecule has 0 aromatic heterocycles. The van der Waals surface area contributed by atoms with Crippen LogP contribution in [0.4, 0.5) is 0 Å². The summed E-state index contributed by atoms with van der Waals surface area (Å²) in [6.07, 6.45) is 15.4. The first-order valence-electron chi connectivity index (χ1n) is 9.03.